The van der Waals surface area contributed by atoms with Gasteiger partial charge in [-0.25, -0.2) is 4.79 Å². The summed E-state index contributed by atoms with van der Waals surface area (Å²) in [5.74, 6) is 0.369. The highest BCUT2D eigenvalue weighted by Gasteiger charge is 2.44. The predicted molar refractivity (Wildman–Crippen MR) is 123 cm³/mol. The van der Waals surface area contributed by atoms with Crippen molar-refractivity contribution in [1.82, 2.24) is 0 Å². The van der Waals surface area contributed by atoms with E-state index in [1.807, 2.05) is 12.1 Å². The third kappa shape index (κ3) is 7.01. The van der Waals surface area contributed by atoms with Gasteiger partial charge in [0.25, 0.3) is 0 Å². The van der Waals surface area contributed by atoms with E-state index in [2.05, 4.69) is 13.0 Å². The maximum Gasteiger partial charge on any atom is 0.344 e. The summed E-state index contributed by atoms with van der Waals surface area (Å²) in [7, 11) is 0. The Labute approximate surface area is 196 Å². The molecule has 7 heteroatoms. The minimum Gasteiger partial charge on any atom is -0.482 e. The largest absolute Gasteiger partial charge is 0.482 e. The van der Waals surface area contributed by atoms with Gasteiger partial charge in [-0.15, -0.1) is 0 Å². The Balaban J connectivity index is 1.57. The van der Waals surface area contributed by atoms with Crippen molar-refractivity contribution in [2.75, 3.05) is 19.8 Å². The molecule has 0 bridgehead atoms. The maximum atomic E-state index is 11.8. The first-order valence-corrected chi connectivity index (χ1v) is 12.3. The molecule has 2 aliphatic rings. The Bertz CT molecular complexity index is 793. The number of ether oxygens (including phenoxy) is 2. The van der Waals surface area contributed by atoms with Gasteiger partial charge >= 0.3 is 5.97 Å². The molecule has 2 aliphatic carbocycles. The SMILES string of the molecule is CCCCC[C@@H](O)CC[C@@H]1C2Cc3cccc(OCC(=O)OCC(=O)CO)c3CC2C[C@H]1O. The van der Waals surface area contributed by atoms with E-state index >= 15 is 0 Å². The summed E-state index contributed by atoms with van der Waals surface area (Å²) in [5.41, 5.74) is 2.26. The van der Waals surface area contributed by atoms with Crippen molar-refractivity contribution in [3.63, 3.8) is 0 Å². The molecule has 3 N–H and O–H groups in total. The number of aliphatic hydroxyl groups is 3. The quantitative estimate of drug-likeness (QED) is 0.305. The van der Waals surface area contributed by atoms with E-state index in [0.29, 0.717) is 17.6 Å². The van der Waals surface area contributed by atoms with Gasteiger partial charge in [-0.2, -0.15) is 0 Å². The van der Waals surface area contributed by atoms with Crippen LogP contribution < -0.4 is 4.74 Å². The van der Waals surface area contributed by atoms with Gasteiger partial charge in [-0.05, 0) is 73.5 Å². The van der Waals surface area contributed by atoms with Gasteiger partial charge in [0.1, 0.15) is 12.4 Å². The van der Waals surface area contributed by atoms with Crippen LogP contribution in [0.2, 0.25) is 0 Å². The summed E-state index contributed by atoms with van der Waals surface area (Å²) < 4.78 is 10.5. The molecule has 0 aromatic heterocycles. The van der Waals surface area contributed by atoms with E-state index in [4.69, 9.17) is 14.6 Å². The first-order valence-electron chi connectivity index (χ1n) is 12.3. The van der Waals surface area contributed by atoms with Crippen molar-refractivity contribution in [2.24, 2.45) is 17.8 Å². The molecule has 0 saturated heterocycles. The highest BCUT2D eigenvalue weighted by atomic mass is 16.6. The van der Waals surface area contributed by atoms with Gasteiger partial charge in [0.05, 0.1) is 12.2 Å². The minimum absolute atomic E-state index is 0.201. The van der Waals surface area contributed by atoms with Crippen molar-refractivity contribution in [3.05, 3.63) is 29.3 Å². The molecule has 2 unspecified atom stereocenters. The van der Waals surface area contributed by atoms with E-state index in [0.717, 1.165) is 63.4 Å². The van der Waals surface area contributed by atoms with E-state index in [1.165, 1.54) is 5.56 Å². The first-order chi connectivity index (χ1) is 15.9. The lowest BCUT2D eigenvalue weighted by Gasteiger charge is -2.32. The van der Waals surface area contributed by atoms with Gasteiger partial charge in [-0.1, -0.05) is 38.3 Å². The van der Waals surface area contributed by atoms with Gasteiger partial charge in [-0.3, -0.25) is 4.79 Å². The molecule has 5 atom stereocenters. The number of carbonyl (C=O) groups excluding carboxylic acids is 2. The fourth-order valence-electron chi connectivity index (χ4n) is 5.48. The number of ketones is 1. The number of benzene rings is 1. The Morgan fingerprint density at radius 1 is 1.15 bits per heavy atom. The fourth-order valence-corrected chi connectivity index (χ4v) is 5.48. The average molecular weight is 463 g/mol. The number of hydrogen-bond acceptors (Lipinski definition) is 7. The monoisotopic (exact) mass is 462 g/mol. The van der Waals surface area contributed by atoms with Crippen molar-refractivity contribution in [1.29, 1.82) is 0 Å². The molecule has 1 fully saturated rings. The molecule has 33 heavy (non-hydrogen) atoms. The lowest BCUT2D eigenvalue weighted by Crippen LogP contribution is -2.28. The highest BCUT2D eigenvalue weighted by Crippen LogP contribution is 2.48. The number of unbranched alkanes of at least 4 members (excludes halogenated alkanes) is 2. The number of Topliss-reactive ketones (excluding diaryl/α,β-unsaturated/α-hetero) is 1. The minimum atomic E-state index is -0.659. The predicted octanol–water partition coefficient (Wildman–Crippen LogP) is 2.60. The number of hydrogen-bond donors (Lipinski definition) is 3. The van der Waals surface area contributed by atoms with Crippen LogP contribution in [0.3, 0.4) is 0 Å². The lowest BCUT2D eigenvalue weighted by atomic mass is 9.73. The second-order valence-corrected chi connectivity index (χ2v) is 9.57. The Morgan fingerprint density at radius 2 is 1.97 bits per heavy atom. The van der Waals surface area contributed by atoms with Gasteiger partial charge in [0.15, 0.2) is 19.0 Å². The summed E-state index contributed by atoms with van der Waals surface area (Å²) in [5, 5.41) is 29.8. The summed E-state index contributed by atoms with van der Waals surface area (Å²) >= 11 is 0. The first kappa shape index (κ1) is 25.7. The molecule has 0 heterocycles. The van der Waals surface area contributed by atoms with Gasteiger partial charge < -0.3 is 24.8 Å². The molecule has 0 radical (unpaired) electrons. The second kappa shape index (κ2) is 12.5. The number of rotatable bonds is 13. The molecular weight excluding hydrogens is 424 g/mol. The van der Waals surface area contributed by atoms with Crippen LogP contribution in [0.5, 0.6) is 5.75 Å². The fraction of sp³-hybridized carbons (Fsp3) is 0.692. The molecule has 184 valence electrons. The van der Waals surface area contributed by atoms with Crippen molar-refractivity contribution in [3.8, 4) is 5.75 Å². The molecule has 0 spiro atoms. The Morgan fingerprint density at radius 3 is 2.73 bits per heavy atom. The second-order valence-electron chi connectivity index (χ2n) is 9.57. The van der Waals surface area contributed by atoms with Crippen molar-refractivity contribution < 1.29 is 34.4 Å². The summed E-state index contributed by atoms with van der Waals surface area (Å²) in [4.78, 5) is 22.9. The highest BCUT2D eigenvalue weighted by molar-refractivity contribution is 5.83. The lowest BCUT2D eigenvalue weighted by molar-refractivity contribution is -0.150. The number of carbonyl (C=O) groups is 2. The normalized spacial score (nSPS) is 24.6. The maximum absolute atomic E-state index is 11.8. The van der Waals surface area contributed by atoms with E-state index in [9.17, 15) is 19.8 Å². The third-order valence-corrected chi connectivity index (χ3v) is 7.24. The van der Waals surface area contributed by atoms with Crippen LogP contribution >= 0.6 is 0 Å². The van der Waals surface area contributed by atoms with Crippen LogP contribution in [0.1, 0.15) is 63.0 Å². The molecule has 0 aliphatic heterocycles. The third-order valence-electron chi connectivity index (χ3n) is 7.24. The topological polar surface area (TPSA) is 113 Å². The molecule has 1 aromatic rings. The van der Waals surface area contributed by atoms with Crippen LogP contribution in [0.4, 0.5) is 0 Å². The molecule has 3 rings (SSSR count). The average Bonchev–Trinajstić information content (AvgIpc) is 3.12. The number of fused-ring (bicyclic) bond motifs is 2. The van der Waals surface area contributed by atoms with E-state index in [-0.39, 0.29) is 24.7 Å². The summed E-state index contributed by atoms with van der Waals surface area (Å²) in [6.45, 7) is 0.742. The van der Waals surface area contributed by atoms with Gasteiger partial charge in [0.2, 0.25) is 0 Å². The summed E-state index contributed by atoms with van der Waals surface area (Å²) in [6.07, 6.45) is 7.54. The molecule has 7 nitrogen and oxygen atoms in total. The van der Waals surface area contributed by atoms with Crippen LogP contribution in [-0.4, -0.2) is 59.1 Å². The summed E-state index contributed by atoms with van der Waals surface area (Å²) in [6, 6.07) is 5.83. The zero-order valence-corrected chi connectivity index (χ0v) is 19.6. The standard InChI is InChI=1S/C26H38O7/c1-2-3-4-7-19(28)9-10-21-22-11-17-6-5-8-25(23(17)12-18(22)13-24(21)30)32-16-26(31)33-15-20(29)14-27/h5-6,8,18-19,21-22,24,27-28,30H,2-4,7,9-16H2,1H3/t18?,19-,21-,22?,24-/m1/s1. The Hall–Kier alpha value is -1.96. The van der Waals surface area contributed by atoms with Crippen LogP contribution in [-0.2, 0) is 27.2 Å². The van der Waals surface area contributed by atoms with E-state index < -0.39 is 25.0 Å². The number of aliphatic hydroxyl groups excluding tert-OH is 3. The van der Waals surface area contributed by atoms with Crippen molar-refractivity contribution >= 4 is 11.8 Å². The van der Waals surface area contributed by atoms with Gasteiger partial charge in [0, 0.05) is 0 Å². The van der Waals surface area contributed by atoms with Crippen LogP contribution in [0.15, 0.2) is 18.2 Å². The Kier molecular flexibility index (Phi) is 9.71. The smallest absolute Gasteiger partial charge is 0.344 e. The molecule has 1 aromatic carbocycles. The van der Waals surface area contributed by atoms with Crippen molar-refractivity contribution in [2.45, 2.75) is 76.9 Å². The van der Waals surface area contributed by atoms with Crippen LogP contribution in [0.25, 0.3) is 0 Å². The molecular formula is C26H38O7. The zero-order valence-electron chi connectivity index (χ0n) is 19.6. The zero-order chi connectivity index (χ0) is 23.8. The van der Waals surface area contributed by atoms with Crippen LogP contribution in [0, 0.1) is 17.8 Å². The van der Waals surface area contributed by atoms with E-state index in [1.54, 1.807) is 0 Å². The number of esters is 1. The molecule has 1 saturated carbocycles. The molecule has 0 amide bonds.